The van der Waals surface area contributed by atoms with Crippen molar-refractivity contribution >= 4 is 28.1 Å². The molecule has 3 heterocycles. The molecule has 2 aromatic heterocycles. The first-order valence-electron chi connectivity index (χ1n) is 13.0. The molecule has 3 N–H and O–H groups in total. The summed E-state index contributed by atoms with van der Waals surface area (Å²) in [5.74, 6) is 1.59. The number of aromatic nitrogens is 3. The average Bonchev–Trinajstić information content (AvgIpc) is 3.04. The van der Waals surface area contributed by atoms with Crippen LogP contribution in [0.5, 0.6) is 5.75 Å². The molecule has 3 aromatic rings. The molecule has 2 fully saturated rings. The summed E-state index contributed by atoms with van der Waals surface area (Å²) < 4.78 is 5.87. The van der Waals surface area contributed by atoms with Gasteiger partial charge in [-0.2, -0.15) is 0 Å². The third-order valence-electron chi connectivity index (χ3n) is 7.28. The van der Waals surface area contributed by atoms with Crippen LogP contribution < -0.4 is 15.7 Å². The zero-order valence-electron chi connectivity index (χ0n) is 20.4. The van der Waals surface area contributed by atoms with E-state index in [0.717, 1.165) is 55.2 Å². The van der Waals surface area contributed by atoms with Crippen LogP contribution in [0.2, 0.25) is 0 Å². The van der Waals surface area contributed by atoms with Gasteiger partial charge < -0.3 is 19.9 Å². The summed E-state index contributed by atoms with van der Waals surface area (Å²) in [7, 11) is 0. The Morgan fingerprint density at radius 3 is 2.66 bits per heavy atom. The lowest BCUT2D eigenvalue weighted by molar-refractivity contribution is 0.124. The van der Waals surface area contributed by atoms with Crippen LogP contribution in [0.15, 0.2) is 29.1 Å². The van der Waals surface area contributed by atoms with Gasteiger partial charge >= 0.3 is 11.7 Å². The van der Waals surface area contributed by atoms with Crippen LogP contribution in [0, 0.1) is 5.92 Å². The number of urea groups is 1. The molecule has 35 heavy (non-hydrogen) atoms. The minimum Gasteiger partial charge on any atom is -0.494 e. The van der Waals surface area contributed by atoms with Crippen molar-refractivity contribution in [1.82, 2.24) is 30.1 Å². The fraction of sp³-hybridized carbons (Fsp3) is 0.577. The van der Waals surface area contributed by atoms with E-state index in [2.05, 4.69) is 25.2 Å². The Labute approximate surface area is 205 Å². The zero-order valence-corrected chi connectivity index (χ0v) is 20.4. The number of carbonyl (C=O) groups is 1. The van der Waals surface area contributed by atoms with Gasteiger partial charge in [-0.25, -0.2) is 14.6 Å². The molecule has 5 rings (SSSR count). The number of ether oxygens (including phenoxy) is 1. The summed E-state index contributed by atoms with van der Waals surface area (Å²) >= 11 is 0. The number of amides is 2. The van der Waals surface area contributed by atoms with Gasteiger partial charge in [0.25, 0.3) is 0 Å². The number of hydrogen-bond donors (Lipinski definition) is 3. The molecule has 1 aliphatic carbocycles. The van der Waals surface area contributed by atoms with E-state index in [1.165, 1.54) is 45.1 Å². The highest BCUT2D eigenvalue weighted by atomic mass is 16.5. The SMILES string of the molecule is O=C(NCCCOc1ccc2nc3[nH]c(=O)[nH]c3cc2c1)N1CCN(CC2CCCCCC2)CC1. The lowest BCUT2D eigenvalue weighted by Gasteiger charge is -2.36. The monoisotopic (exact) mass is 480 g/mol. The van der Waals surface area contributed by atoms with E-state index >= 15 is 0 Å². The van der Waals surface area contributed by atoms with Crippen molar-refractivity contribution in [3.05, 3.63) is 34.7 Å². The molecule has 0 radical (unpaired) electrons. The molecule has 0 unspecified atom stereocenters. The van der Waals surface area contributed by atoms with Gasteiger partial charge in [-0.3, -0.25) is 9.88 Å². The van der Waals surface area contributed by atoms with Crippen molar-refractivity contribution in [2.24, 2.45) is 5.92 Å². The zero-order chi connectivity index (χ0) is 24.0. The number of piperazine rings is 1. The van der Waals surface area contributed by atoms with E-state index in [9.17, 15) is 9.59 Å². The molecule has 0 spiro atoms. The number of fused-ring (bicyclic) bond motifs is 2. The third kappa shape index (κ3) is 6.14. The number of pyridine rings is 1. The van der Waals surface area contributed by atoms with Crippen LogP contribution in [0.3, 0.4) is 0 Å². The number of H-pyrrole nitrogens is 2. The number of aromatic amines is 2. The molecule has 0 bridgehead atoms. The smallest absolute Gasteiger partial charge is 0.325 e. The summed E-state index contributed by atoms with van der Waals surface area (Å²) in [4.78, 5) is 38.4. The number of carbonyl (C=O) groups excluding carboxylic acids is 1. The molecule has 9 heteroatoms. The van der Waals surface area contributed by atoms with E-state index in [1.807, 2.05) is 29.2 Å². The summed E-state index contributed by atoms with van der Waals surface area (Å²) in [6.45, 7) is 5.87. The van der Waals surface area contributed by atoms with E-state index < -0.39 is 0 Å². The molecule has 1 aliphatic heterocycles. The second-order valence-corrected chi connectivity index (χ2v) is 9.90. The van der Waals surface area contributed by atoms with Crippen molar-refractivity contribution in [1.29, 1.82) is 0 Å². The largest absolute Gasteiger partial charge is 0.494 e. The number of nitrogens with one attached hydrogen (secondary N) is 3. The normalized spacial score (nSPS) is 18.1. The third-order valence-corrected chi connectivity index (χ3v) is 7.28. The van der Waals surface area contributed by atoms with Crippen LogP contribution in [-0.4, -0.2) is 76.7 Å². The van der Waals surface area contributed by atoms with Gasteiger partial charge in [0.05, 0.1) is 17.6 Å². The van der Waals surface area contributed by atoms with E-state index in [1.54, 1.807) is 0 Å². The lowest BCUT2D eigenvalue weighted by Crippen LogP contribution is -2.52. The van der Waals surface area contributed by atoms with E-state index in [0.29, 0.717) is 24.3 Å². The quantitative estimate of drug-likeness (QED) is 0.355. The van der Waals surface area contributed by atoms with Gasteiger partial charge in [0.15, 0.2) is 5.65 Å². The maximum atomic E-state index is 12.5. The van der Waals surface area contributed by atoms with Crippen LogP contribution in [0.4, 0.5) is 4.79 Å². The van der Waals surface area contributed by atoms with E-state index in [4.69, 9.17) is 4.74 Å². The highest BCUT2D eigenvalue weighted by Crippen LogP contribution is 2.24. The number of nitrogens with zero attached hydrogens (tertiary/aromatic N) is 3. The fourth-order valence-corrected chi connectivity index (χ4v) is 5.31. The molecular formula is C26H36N6O3. The number of imidazole rings is 1. The first kappa shape index (κ1) is 23.7. The molecular weight excluding hydrogens is 444 g/mol. The van der Waals surface area contributed by atoms with Crippen molar-refractivity contribution < 1.29 is 9.53 Å². The van der Waals surface area contributed by atoms with Crippen molar-refractivity contribution in [2.45, 2.75) is 44.9 Å². The number of hydrogen-bond acceptors (Lipinski definition) is 5. The highest BCUT2D eigenvalue weighted by Gasteiger charge is 2.23. The van der Waals surface area contributed by atoms with Gasteiger partial charge in [0, 0.05) is 44.7 Å². The predicted molar refractivity (Wildman–Crippen MR) is 137 cm³/mol. The second-order valence-electron chi connectivity index (χ2n) is 9.90. The Bertz CT molecular complexity index is 1190. The average molecular weight is 481 g/mol. The summed E-state index contributed by atoms with van der Waals surface area (Å²) in [6.07, 6.45) is 9.04. The predicted octanol–water partition coefficient (Wildman–Crippen LogP) is 3.47. The molecule has 188 valence electrons. The van der Waals surface area contributed by atoms with Crippen molar-refractivity contribution in [3.8, 4) is 5.75 Å². The minimum atomic E-state index is -0.266. The van der Waals surface area contributed by atoms with Gasteiger partial charge in [-0.1, -0.05) is 25.7 Å². The van der Waals surface area contributed by atoms with Crippen LogP contribution in [0.25, 0.3) is 22.1 Å². The van der Waals surface area contributed by atoms with Gasteiger partial charge in [0.1, 0.15) is 5.75 Å². The Morgan fingerprint density at radius 2 is 1.86 bits per heavy atom. The molecule has 2 amide bonds. The first-order valence-corrected chi connectivity index (χ1v) is 13.0. The Kier molecular flexibility index (Phi) is 7.51. The van der Waals surface area contributed by atoms with Crippen LogP contribution in [0.1, 0.15) is 44.9 Å². The number of benzene rings is 1. The molecule has 1 aromatic carbocycles. The standard InChI is InChI=1S/C26H36N6O3/c33-25-29-23-17-20-16-21(8-9-22(20)28-24(23)30-25)35-15-5-10-27-26(34)32-13-11-31(12-14-32)18-19-6-3-1-2-4-7-19/h8-9,16-17,19H,1-7,10-15,18H2,(H,27,34)(H2,28,29,30,33). The van der Waals surface area contributed by atoms with Crippen molar-refractivity contribution in [3.63, 3.8) is 0 Å². The topological polar surface area (TPSA) is 106 Å². The Balaban J connectivity index is 1.01. The Hall–Kier alpha value is -3.07. The molecule has 9 nitrogen and oxygen atoms in total. The lowest BCUT2D eigenvalue weighted by atomic mass is 9.99. The number of rotatable bonds is 7. The molecule has 1 saturated heterocycles. The van der Waals surface area contributed by atoms with Crippen LogP contribution >= 0.6 is 0 Å². The first-order chi connectivity index (χ1) is 17.1. The summed E-state index contributed by atoms with van der Waals surface area (Å²) in [6, 6.07) is 7.59. The fourth-order valence-electron chi connectivity index (χ4n) is 5.31. The second kappa shape index (κ2) is 11.1. The molecule has 0 atom stereocenters. The molecule has 1 saturated carbocycles. The van der Waals surface area contributed by atoms with Gasteiger partial charge in [-0.05, 0) is 49.4 Å². The molecule has 2 aliphatic rings. The maximum Gasteiger partial charge on any atom is 0.325 e. The summed E-state index contributed by atoms with van der Waals surface area (Å²) in [5, 5.41) is 3.94. The highest BCUT2D eigenvalue weighted by molar-refractivity contribution is 5.89. The van der Waals surface area contributed by atoms with Gasteiger partial charge in [-0.15, -0.1) is 0 Å². The van der Waals surface area contributed by atoms with Crippen molar-refractivity contribution in [2.75, 3.05) is 45.9 Å². The van der Waals surface area contributed by atoms with Gasteiger partial charge in [0.2, 0.25) is 0 Å². The minimum absolute atomic E-state index is 0.0282. The van der Waals surface area contributed by atoms with Crippen LogP contribution in [-0.2, 0) is 0 Å². The summed E-state index contributed by atoms with van der Waals surface area (Å²) in [5.41, 5.74) is 1.75. The van der Waals surface area contributed by atoms with E-state index in [-0.39, 0.29) is 11.7 Å². The Morgan fingerprint density at radius 1 is 1.06 bits per heavy atom. The maximum absolute atomic E-state index is 12.5.